The van der Waals surface area contributed by atoms with Crippen LogP contribution in [0, 0.1) is 0 Å². The molecule has 0 saturated carbocycles. The van der Waals surface area contributed by atoms with Gasteiger partial charge in [0.1, 0.15) is 23.7 Å². The van der Waals surface area contributed by atoms with Gasteiger partial charge in [-0.05, 0) is 0 Å². The Balaban J connectivity index is 1.95. The van der Waals surface area contributed by atoms with E-state index in [4.69, 9.17) is 5.73 Å². The van der Waals surface area contributed by atoms with Crippen molar-refractivity contribution >= 4 is 11.7 Å². The molecule has 2 aromatic rings. The summed E-state index contributed by atoms with van der Waals surface area (Å²) in [5, 5.41) is 8.88. The summed E-state index contributed by atoms with van der Waals surface area (Å²) >= 11 is 0. The lowest BCUT2D eigenvalue weighted by molar-refractivity contribution is 0.0944. The largest absolute Gasteiger partial charge is 0.382 e. The smallest absolute Gasteiger partial charge is 0.271 e. The lowest BCUT2D eigenvalue weighted by Gasteiger charge is -2.01. The Labute approximate surface area is 90.3 Å². The van der Waals surface area contributed by atoms with Gasteiger partial charge < -0.3 is 11.1 Å². The van der Waals surface area contributed by atoms with Crippen LogP contribution in [0.15, 0.2) is 18.7 Å². The van der Waals surface area contributed by atoms with E-state index in [-0.39, 0.29) is 24.0 Å². The van der Waals surface area contributed by atoms with E-state index in [9.17, 15) is 4.79 Å². The Kier molecular flexibility index (Phi) is 2.72. The molecule has 0 aromatic carbocycles. The molecule has 0 spiro atoms. The number of amides is 1. The number of hydrogen-bond donors (Lipinski definition) is 3. The second-order valence-electron chi connectivity index (χ2n) is 2.94. The lowest BCUT2D eigenvalue weighted by Crippen LogP contribution is -2.24. The first-order valence-corrected chi connectivity index (χ1v) is 4.45. The molecule has 4 N–H and O–H groups in total. The van der Waals surface area contributed by atoms with E-state index in [2.05, 4.69) is 30.5 Å². The predicted octanol–water partition coefficient (Wildman–Crippen LogP) is -0.893. The third-order valence-electron chi connectivity index (χ3n) is 1.79. The van der Waals surface area contributed by atoms with Crippen LogP contribution in [0.25, 0.3) is 0 Å². The minimum Gasteiger partial charge on any atom is -0.382 e. The van der Waals surface area contributed by atoms with E-state index in [0.29, 0.717) is 5.82 Å². The summed E-state index contributed by atoms with van der Waals surface area (Å²) in [4.78, 5) is 23.0. The number of nitrogen functional groups attached to an aromatic ring is 1. The van der Waals surface area contributed by atoms with E-state index < -0.39 is 0 Å². The number of hydrogen-bond acceptors (Lipinski definition) is 6. The van der Waals surface area contributed by atoms with Crippen LogP contribution in [0.3, 0.4) is 0 Å². The molecule has 0 fully saturated rings. The van der Waals surface area contributed by atoms with Gasteiger partial charge in [0.15, 0.2) is 0 Å². The van der Waals surface area contributed by atoms with Gasteiger partial charge >= 0.3 is 0 Å². The molecular weight excluding hydrogens is 210 g/mol. The molecule has 0 atom stereocenters. The maximum absolute atomic E-state index is 11.5. The summed E-state index contributed by atoms with van der Waals surface area (Å²) in [6.07, 6.45) is 4.00. The minimum atomic E-state index is -0.344. The summed E-state index contributed by atoms with van der Waals surface area (Å²) in [7, 11) is 0. The summed E-state index contributed by atoms with van der Waals surface area (Å²) in [6, 6.07) is 0. The second kappa shape index (κ2) is 4.34. The number of nitrogens with zero attached hydrogens (tertiary/aromatic N) is 4. The zero-order valence-corrected chi connectivity index (χ0v) is 8.21. The van der Waals surface area contributed by atoms with Gasteiger partial charge in [0.25, 0.3) is 5.91 Å². The van der Waals surface area contributed by atoms with Crippen molar-refractivity contribution in [2.24, 2.45) is 0 Å². The van der Waals surface area contributed by atoms with E-state index >= 15 is 0 Å². The molecule has 16 heavy (non-hydrogen) atoms. The third kappa shape index (κ3) is 2.29. The summed E-state index contributed by atoms with van der Waals surface area (Å²) in [5.41, 5.74) is 5.55. The predicted molar refractivity (Wildman–Crippen MR) is 54.0 cm³/mol. The zero-order valence-electron chi connectivity index (χ0n) is 8.21. The quantitative estimate of drug-likeness (QED) is 0.615. The standard InChI is InChI=1S/C8H9N7O/c9-6-2-10-5(1-11-6)8(16)12-3-7-13-4-14-15-7/h1-2,4H,3H2,(H2,9,11)(H,12,16)(H,13,14,15). The zero-order chi connectivity index (χ0) is 11.4. The average molecular weight is 219 g/mol. The number of nitrogens with two attached hydrogens (primary N) is 1. The van der Waals surface area contributed by atoms with Crippen LogP contribution in [0.2, 0.25) is 0 Å². The third-order valence-corrected chi connectivity index (χ3v) is 1.79. The van der Waals surface area contributed by atoms with Gasteiger partial charge in [0.2, 0.25) is 0 Å². The number of anilines is 1. The molecule has 8 nitrogen and oxygen atoms in total. The van der Waals surface area contributed by atoms with Crippen LogP contribution >= 0.6 is 0 Å². The van der Waals surface area contributed by atoms with Crippen molar-refractivity contribution in [1.29, 1.82) is 0 Å². The highest BCUT2D eigenvalue weighted by molar-refractivity contribution is 5.91. The molecule has 0 radical (unpaired) electrons. The molecule has 0 saturated heterocycles. The Hall–Kier alpha value is -2.51. The highest BCUT2D eigenvalue weighted by Gasteiger charge is 2.07. The number of aromatic nitrogens is 5. The minimum absolute atomic E-state index is 0.203. The number of carbonyl (C=O) groups excluding carboxylic acids is 1. The number of aromatic amines is 1. The van der Waals surface area contributed by atoms with Crippen molar-refractivity contribution in [2.45, 2.75) is 6.54 Å². The van der Waals surface area contributed by atoms with Gasteiger partial charge in [0.05, 0.1) is 18.9 Å². The summed E-state index contributed by atoms with van der Waals surface area (Å²) in [6.45, 7) is 0.255. The van der Waals surface area contributed by atoms with Gasteiger partial charge in [-0.3, -0.25) is 9.89 Å². The molecule has 0 aliphatic heterocycles. The molecule has 2 rings (SSSR count). The van der Waals surface area contributed by atoms with Crippen molar-refractivity contribution < 1.29 is 4.79 Å². The van der Waals surface area contributed by atoms with Crippen molar-refractivity contribution in [3.8, 4) is 0 Å². The molecule has 2 heterocycles. The maximum atomic E-state index is 11.5. The lowest BCUT2D eigenvalue weighted by atomic mass is 10.4. The van der Waals surface area contributed by atoms with Gasteiger partial charge in [-0.15, -0.1) is 0 Å². The fraction of sp³-hybridized carbons (Fsp3) is 0.125. The van der Waals surface area contributed by atoms with Crippen LogP contribution in [-0.2, 0) is 6.54 Å². The highest BCUT2D eigenvalue weighted by atomic mass is 16.1. The number of nitrogens with one attached hydrogen (secondary N) is 2. The average Bonchev–Trinajstić information content (AvgIpc) is 2.80. The van der Waals surface area contributed by atoms with Crippen molar-refractivity contribution in [1.82, 2.24) is 30.5 Å². The Morgan fingerprint density at radius 2 is 2.25 bits per heavy atom. The van der Waals surface area contributed by atoms with Crippen molar-refractivity contribution in [2.75, 3.05) is 5.73 Å². The van der Waals surface area contributed by atoms with E-state index in [1.807, 2.05) is 0 Å². The highest BCUT2D eigenvalue weighted by Crippen LogP contribution is 1.96. The number of H-pyrrole nitrogens is 1. The SMILES string of the molecule is Nc1cnc(C(=O)NCc2ncn[nH]2)cn1. The first kappa shape index (κ1) is 10.0. The van der Waals surface area contributed by atoms with Crippen LogP contribution in [0.1, 0.15) is 16.3 Å². The van der Waals surface area contributed by atoms with Gasteiger partial charge in [-0.2, -0.15) is 5.10 Å². The molecule has 82 valence electrons. The van der Waals surface area contributed by atoms with Crippen LogP contribution in [0.4, 0.5) is 5.82 Å². The van der Waals surface area contributed by atoms with Crippen molar-refractivity contribution in [3.63, 3.8) is 0 Å². The van der Waals surface area contributed by atoms with Crippen molar-refractivity contribution in [3.05, 3.63) is 30.2 Å². The number of rotatable bonds is 3. The van der Waals surface area contributed by atoms with Gasteiger partial charge in [-0.25, -0.2) is 15.0 Å². The normalized spacial score (nSPS) is 10.0. The Morgan fingerprint density at radius 3 is 2.88 bits per heavy atom. The van der Waals surface area contributed by atoms with Crippen LogP contribution < -0.4 is 11.1 Å². The Morgan fingerprint density at radius 1 is 1.38 bits per heavy atom. The monoisotopic (exact) mass is 219 g/mol. The summed E-state index contributed by atoms with van der Waals surface area (Å²) < 4.78 is 0. The van der Waals surface area contributed by atoms with Gasteiger partial charge in [0, 0.05) is 0 Å². The van der Waals surface area contributed by atoms with E-state index in [0.717, 1.165) is 0 Å². The molecular formula is C8H9N7O. The fourth-order valence-electron chi connectivity index (χ4n) is 1.03. The second-order valence-corrected chi connectivity index (χ2v) is 2.94. The maximum Gasteiger partial charge on any atom is 0.271 e. The molecule has 8 heteroatoms. The number of carbonyl (C=O) groups is 1. The molecule has 0 aliphatic carbocycles. The van der Waals surface area contributed by atoms with Crippen LogP contribution in [0.5, 0.6) is 0 Å². The van der Waals surface area contributed by atoms with Gasteiger partial charge in [-0.1, -0.05) is 0 Å². The molecule has 1 amide bonds. The van der Waals surface area contributed by atoms with E-state index in [1.54, 1.807) is 0 Å². The topological polar surface area (TPSA) is 122 Å². The Bertz CT molecular complexity index is 464. The van der Waals surface area contributed by atoms with E-state index in [1.165, 1.54) is 18.7 Å². The first-order chi connectivity index (χ1) is 7.75. The van der Waals surface area contributed by atoms with Crippen LogP contribution in [-0.4, -0.2) is 31.1 Å². The molecule has 0 unspecified atom stereocenters. The molecule has 0 aliphatic rings. The molecule has 2 aromatic heterocycles. The first-order valence-electron chi connectivity index (χ1n) is 4.45. The fourth-order valence-corrected chi connectivity index (χ4v) is 1.03. The summed E-state index contributed by atoms with van der Waals surface area (Å²) in [5.74, 6) is 0.493. The molecule has 0 bridgehead atoms.